The maximum Gasteiger partial charge on any atom is 0.416 e. The van der Waals surface area contributed by atoms with Crippen molar-refractivity contribution in [2.45, 2.75) is 44.5 Å². The van der Waals surface area contributed by atoms with Gasteiger partial charge < -0.3 is 10.1 Å². The third-order valence-corrected chi connectivity index (χ3v) is 3.43. The van der Waals surface area contributed by atoms with Crippen molar-refractivity contribution in [1.82, 2.24) is 10.6 Å². The fourth-order valence-corrected chi connectivity index (χ4v) is 1.98. The van der Waals surface area contributed by atoms with Gasteiger partial charge in [-0.1, -0.05) is 18.2 Å². The Balaban J connectivity index is 1.84. The van der Waals surface area contributed by atoms with E-state index in [1.807, 2.05) is 5.32 Å². The number of halogens is 3. The number of benzene rings is 1. The second kappa shape index (κ2) is 7.54. The Hall–Kier alpha value is -2.58. The van der Waals surface area contributed by atoms with Gasteiger partial charge in [-0.05, 0) is 31.4 Å². The van der Waals surface area contributed by atoms with Crippen LogP contribution in [0.5, 0.6) is 0 Å². The first kappa shape index (κ1) is 18.8. The lowest BCUT2D eigenvalue weighted by atomic mass is 10.1. The van der Waals surface area contributed by atoms with Gasteiger partial charge in [-0.25, -0.2) is 4.79 Å². The number of nitrogens with one attached hydrogen (secondary N) is 2. The second-order valence-corrected chi connectivity index (χ2v) is 5.74. The van der Waals surface area contributed by atoms with Crippen molar-refractivity contribution < 1.29 is 32.3 Å². The molecule has 1 aromatic carbocycles. The molecule has 25 heavy (non-hydrogen) atoms. The van der Waals surface area contributed by atoms with Crippen LogP contribution in [0.3, 0.4) is 0 Å². The fourth-order valence-electron chi connectivity index (χ4n) is 1.98. The summed E-state index contributed by atoms with van der Waals surface area (Å²) in [6.45, 7) is 1.27. The summed E-state index contributed by atoms with van der Waals surface area (Å²) >= 11 is 0. The van der Waals surface area contributed by atoms with Crippen LogP contribution < -0.4 is 10.6 Å². The first-order valence-corrected chi connectivity index (χ1v) is 7.62. The van der Waals surface area contributed by atoms with Crippen molar-refractivity contribution in [3.8, 4) is 0 Å². The van der Waals surface area contributed by atoms with Gasteiger partial charge in [0.05, 0.1) is 12.0 Å². The quantitative estimate of drug-likeness (QED) is 0.790. The van der Waals surface area contributed by atoms with Crippen LogP contribution in [0.25, 0.3) is 0 Å². The molecular weight excluding hydrogens is 341 g/mol. The minimum atomic E-state index is -4.51. The molecule has 136 valence electrons. The molecule has 0 aromatic heterocycles. The van der Waals surface area contributed by atoms with Crippen molar-refractivity contribution >= 4 is 17.9 Å². The van der Waals surface area contributed by atoms with Gasteiger partial charge in [0.25, 0.3) is 5.91 Å². The smallest absolute Gasteiger partial charge is 0.416 e. The Kier molecular flexibility index (Phi) is 5.66. The molecule has 1 aliphatic carbocycles. The molecular formula is C16H17F3N2O4. The molecule has 0 bridgehead atoms. The lowest BCUT2D eigenvalue weighted by Gasteiger charge is -2.13. The number of imide groups is 1. The maximum atomic E-state index is 12.6. The van der Waals surface area contributed by atoms with Crippen LogP contribution >= 0.6 is 0 Å². The number of carbonyl (C=O) groups is 3. The van der Waals surface area contributed by atoms with Crippen molar-refractivity contribution in [2.24, 2.45) is 0 Å². The minimum absolute atomic E-state index is 0.0616. The molecule has 1 saturated carbocycles. The van der Waals surface area contributed by atoms with Crippen LogP contribution in [-0.4, -0.2) is 30.1 Å². The predicted molar refractivity (Wildman–Crippen MR) is 80.4 cm³/mol. The normalized spacial score (nSPS) is 15.2. The topological polar surface area (TPSA) is 84.5 Å². The van der Waals surface area contributed by atoms with Crippen LogP contribution in [0.4, 0.5) is 18.0 Å². The summed E-state index contributed by atoms with van der Waals surface area (Å²) in [4.78, 5) is 34.9. The standard InChI is InChI=1S/C16H17F3N2O4/c1-9(14(23)21-15(24)20-12-5-6-12)25-13(22)8-10-3-2-4-11(7-10)16(17,18)19/h2-4,7,9,12H,5-6,8H2,1H3,(H2,20,21,23,24). The highest BCUT2D eigenvalue weighted by atomic mass is 19.4. The fraction of sp³-hybridized carbons (Fsp3) is 0.438. The van der Waals surface area contributed by atoms with E-state index in [-0.39, 0.29) is 11.6 Å². The zero-order valence-corrected chi connectivity index (χ0v) is 13.4. The first-order chi connectivity index (χ1) is 11.6. The SMILES string of the molecule is CC(OC(=O)Cc1cccc(C(F)(F)F)c1)C(=O)NC(=O)NC1CC1. The molecule has 1 atom stereocenters. The number of esters is 1. The number of urea groups is 1. The predicted octanol–water partition coefficient (Wildman–Crippen LogP) is 2.17. The van der Waals surface area contributed by atoms with E-state index in [1.165, 1.54) is 19.1 Å². The minimum Gasteiger partial charge on any atom is -0.452 e. The zero-order valence-electron chi connectivity index (χ0n) is 13.4. The highest BCUT2D eigenvalue weighted by molar-refractivity contribution is 5.97. The Labute approximate surface area is 141 Å². The lowest BCUT2D eigenvalue weighted by Crippen LogP contribution is -2.45. The third-order valence-electron chi connectivity index (χ3n) is 3.43. The summed E-state index contributed by atoms with van der Waals surface area (Å²) in [6, 6.07) is 3.66. The van der Waals surface area contributed by atoms with Gasteiger partial charge in [0.15, 0.2) is 6.10 Å². The average Bonchev–Trinajstić information content (AvgIpc) is 3.30. The van der Waals surface area contributed by atoms with Gasteiger partial charge in [-0.15, -0.1) is 0 Å². The van der Waals surface area contributed by atoms with E-state index in [0.717, 1.165) is 25.0 Å². The van der Waals surface area contributed by atoms with Crippen LogP contribution in [0.2, 0.25) is 0 Å². The second-order valence-electron chi connectivity index (χ2n) is 5.74. The molecule has 1 aliphatic rings. The van der Waals surface area contributed by atoms with Crippen molar-refractivity contribution in [2.75, 3.05) is 0 Å². The number of amides is 3. The molecule has 1 unspecified atom stereocenters. The number of rotatable bonds is 5. The molecule has 0 radical (unpaired) electrons. The summed E-state index contributed by atoms with van der Waals surface area (Å²) < 4.78 is 42.7. The maximum absolute atomic E-state index is 12.6. The Morgan fingerprint density at radius 1 is 1.28 bits per heavy atom. The lowest BCUT2D eigenvalue weighted by molar-refractivity contribution is -0.153. The van der Waals surface area contributed by atoms with Crippen LogP contribution in [0.1, 0.15) is 30.9 Å². The molecule has 2 rings (SSSR count). The molecule has 3 amide bonds. The molecule has 9 heteroatoms. The summed E-state index contributed by atoms with van der Waals surface area (Å²) in [5.74, 6) is -1.68. The van der Waals surface area contributed by atoms with E-state index in [0.29, 0.717) is 0 Å². The van der Waals surface area contributed by atoms with Gasteiger partial charge in [-0.2, -0.15) is 13.2 Å². The largest absolute Gasteiger partial charge is 0.452 e. The van der Waals surface area contributed by atoms with E-state index < -0.39 is 42.2 Å². The van der Waals surface area contributed by atoms with Gasteiger partial charge in [0.2, 0.25) is 0 Å². The van der Waals surface area contributed by atoms with Gasteiger partial charge in [0.1, 0.15) is 0 Å². The van der Waals surface area contributed by atoms with E-state index in [1.54, 1.807) is 0 Å². The van der Waals surface area contributed by atoms with E-state index in [4.69, 9.17) is 4.74 Å². The number of hydrogen-bond acceptors (Lipinski definition) is 4. The highest BCUT2D eigenvalue weighted by Crippen LogP contribution is 2.29. The molecule has 0 aliphatic heterocycles. The van der Waals surface area contributed by atoms with E-state index in [2.05, 4.69) is 5.32 Å². The summed E-state index contributed by atoms with van der Waals surface area (Å²) in [6.07, 6.45) is -4.48. The highest BCUT2D eigenvalue weighted by Gasteiger charge is 2.30. The zero-order chi connectivity index (χ0) is 18.6. The van der Waals surface area contributed by atoms with Gasteiger partial charge >= 0.3 is 18.2 Å². The van der Waals surface area contributed by atoms with Gasteiger partial charge in [0, 0.05) is 6.04 Å². The third kappa shape index (κ3) is 6.09. The molecule has 2 N–H and O–H groups in total. The van der Waals surface area contributed by atoms with E-state index >= 15 is 0 Å². The Morgan fingerprint density at radius 3 is 2.56 bits per heavy atom. The number of ether oxygens (including phenoxy) is 1. The van der Waals surface area contributed by atoms with E-state index in [9.17, 15) is 27.6 Å². The average molecular weight is 358 g/mol. The van der Waals surface area contributed by atoms with Crippen molar-refractivity contribution in [1.29, 1.82) is 0 Å². The molecule has 6 nitrogen and oxygen atoms in total. The monoisotopic (exact) mass is 358 g/mol. The van der Waals surface area contributed by atoms with Gasteiger partial charge in [-0.3, -0.25) is 14.9 Å². The summed E-state index contributed by atoms with van der Waals surface area (Å²) in [7, 11) is 0. The Morgan fingerprint density at radius 2 is 1.96 bits per heavy atom. The number of alkyl halides is 3. The first-order valence-electron chi connectivity index (χ1n) is 7.62. The van der Waals surface area contributed by atoms with Crippen molar-refractivity contribution in [3.63, 3.8) is 0 Å². The van der Waals surface area contributed by atoms with Crippen LogP contribution in [-0.2, 0) is 26.9 Å². The molecule has 1 fully saturated rings. The number of carbonyl (C=O) groups excluding carboxylic acids is 3. The Bertz CT molecular complexity index is 672. The molecule has 0 heterocycles. The number of hydrogen-bond donors (Lipinski definition) is 2. The van der Waals surface area contributed by atoms with Crippen LogP contribution in [0.15, 0.2) is 24.3 Å². The van der Waals surface area contributed by atoms with Crippen LogP contribution in [0, 0.1) is 0 Å². The molecule has 0 spiro atoms. The van der Waals surface area contributed by atoms with Crippen molar-refractivity contribution in [3.05, 3.63) is 35.4 Å². The summed E-state index contributed by atoms with van der Waals surface area (Å²) in [5, 5.41) is 4.57. The summed E-state index contributed by atoms with van der Waals surface area (Å²) in [5.41, 5.74) is -0.765. The molecule has 0 saturated heterocycles. The molecule has 1 aromatic rings.